The van der Waals surface area contributed by atoms with Crippen molar-refractivity contribution in [2.24, 2.45) is 0 Å². The fourth-order valence-electron chi connectivity index (χ4n) is 6.69. The van der Waals surface area contributed by atoms with Crippen LogP contribution in [0.3, 0.4) is 0 Å². The van der Waals surface area contributed by atoms with Crippen molar-refractivity contribution in [2.45, 2.75) is 0 Å². The number of thiophene rings is 1. The van der Waals surface area contributed by atoms with Gasteiger partial charge in [-0.15, -0.1) is 11.3 Å². The van der Waals surface area contributed by atoms with Gasteiger partial charge in [0.1, 0.15) is 0 Å². The average Bonchev–Trinajstić information content (AvgIpc) is 3.44. The number of benzene rings is 8. The third-order valence-electron chi connectivity index (χ3n) is 8.58. The molecule has 0 aliphatic rings. The first kappa shape index (κ1) is 23.5. The minimum atomic E-state index is 1.14. The second kappa shape index (κ2) is 9.17. The molecule has 0 saturated heterocycles. The molecule has 0 bridgehead atoms. The van der Waals surface area contributed by atoms with E-state index >= 15 is 0 Å². The van der Waals surface area contributed by atoms with E-state index in [-0.39, 0.29) is 0 Å². The first-order chi connectivity index (χ1) is 20.8. The lowest BCUT2D eigenvalue weighted by Crippen LogP contribution is -2.10. The van der Waals surface area contributed by atoms with Crippen molar-refractivity contribution in [1.29, 1.82) is 0 Å². The third-order valence-corrected chi connectivity index (χ3v) is 9.80. The van der Waals surface area contributed by atoms with E-state index in [1.165, 1.54) is 68.9 Å². The lowest BCUT2D eigenvalue weighted by Gasteiger charge is -2.28. The van der Waals surface area contributed by atoms with Crippen LogP contribution in [0.1, 0.15) is 0 Å². The standard InChI is InChI=1S/C40H25NS/c1-2-11-29(12-3-1)41(30-21-23-32-27(24-30)20-22-36-34-15-8-9-17-38(34)42-40(32)36)37-25-28-19-18-26-10-4-5-13-31(26)39(28)35-16-7-6-14-33(35)37/h1-25H. The molecule has 0 unspecified atom stereocenters. The lowest BCUT2D eigenvalue weighted by molar-refractivity contribution is 1.31. The minimum absolute atomic E-state index is 1.14. The first-order valence-corrected chi connectivity index (χ1v) is 15.2. The van der Waals surface area contributed by atoms with Crippen LogP contribution in [0.2, 0.25) is 0 Å². The Labute approximate surface area is 247 Å². The molecule has 9 aromatic rings. The van der Waals surface area contributed by atoms with Crippen LogP contribution in [0.4, 0.5) is 17.1 Å². The topological polar surface area (TPSA) is 3.24 Å². The first-order valence-electron chi connectivity index (χ1n) is 14.4. The Hall–Kier alpha value is -5.18. The maximum absolute atomic E-state index is 2.42. The molecule has 1 nitrogen and oxygen atoms in total. The zero-order valence-electron chi connectivity index (χ0n) is 22.8. The van der Waals surface area contributed by atoms with Gasteiger partial charge >= 0.3 is 0 Å². The maximum Gasteiger partial charge on any atom is 0.0546 e. The van der Waals surface area contributed by atoms with Crippen LogP contribution in [0.5, 0.6) is 0 Å². The monoisotopic (exact) mass is 551 g/mol. The summed E-state index contributed by atoms with van der Waals surface area (Å²) >= 11 is 1.89. The Morgan fingerprint density at radius 3 is 1.93 bits per heavy atom. The number of hydrogen-bond acceptors (Lipinski definition) is 2. The highest BCUT2D eigenvalue weighted by molar-refractivity contribution is 7.26. The predicted molar refractivity (Wildman–Crippen MR) is 184 cm³/mol. The van der Waals surface area contributed by atoms with Gasteiger partial charge in [-0.05, 0) is 74.1 Å². The quantitative estimate of drug-likeness (QED) is 0.197. The summed E-state index contributed by atoms with van der Waals surface area (Å²) < 4.78 is 2.69. The van der Waals surface area contributed by atoms with Crippen molar-refractivity contribution in [3.63, 3.8) is 0 Å². The molecule has 0 spiro atoms. The Bertz CT molecular complexity index is 2470. The smallest absolute Gasteiger partial charge is 0.0546 e. The number of rotatable bonds is 3. The van der Waals surface area contributed by atoms with E-state index in [0.717, 1.165) is 11.4 Å². The second-order valence-corrected chi connectivity index (χ2v) is 12.0. The number of para-hydroxylation sites is 1. The van der Waals surface area contributed by atoms with Crippen molar-refractivity contribution < 1.29 is 0 Å². The Morgan fingerprint density at radius 2 is 1.05 bits per heavy atom. The van der Waals surface area contributed by atoms with E-state index in [4.69, 9.17) is 0 Å². The van der Waals surface area contributed by atoms with Gasteiger partial charge in [0.2, 0.25) is 0 Å². The number of anilines is 3. The lowest BCUT2D eigenvalue weighted by atomic mass is 9.94. The van der Waals surface area contributed by atoms with Gasteiger partial charge in [-0.2, -0.15) is 0 Å². The average molecular weight is 552 g/mol. The van der Waals surface area contributed by atoms with Crippen LogP contribution in [-0.4, -0.2) is 0 Å². The minimum Gasteiger partial charge on any atom is -0.310 e. The van der Waals surface area contributed by atoms with Crippen LogP contribution in [0.15, 0.2) is 152 Å². The van der Waals surface area contributed by atoms with Gasteiger partial charge in [-0.1, -0.05) is 115 Å². The molecule has 0 fully saturated rings. The molecule has 0 radical (unpaired) electrons. The van der Waals surface area contributed by atoms with Crippen molar-refractivity contribution in [3.05, 3.63) is 152 Å². The van der Waals surface area contributed by atoms with E-state index in [1.54, 1.807) is 0 Å². The maximum atomic E-state index is 2.42. The molecule has 8 aromatic carbocycles. The molecule has 196 valence electrons. The van der Waals surface area contributed by atoms with Gasteiger partial charge in [-0.3, -0.25) is 0 Å². The van der Waals surface area contributed by atoms with Gasteiger partial charge in [0.05, 0.1) is 5.69 Å². The normalized spacial score (nSPS) is 11.8. The van der Waals surface area contributed by atoms with E-state index in [1.807, 2.05) is 11.3 Å². The van der Waals surface area contributed by atoms with Crippen LogP contribution in [0.25, 0.3) is 63.3 Å². The van der Waals surface area contributed by atoms with Gasteiger partial charge in [0, 0.05) is 36.9 Å². The summed E-state index contributed by atoms with van der Waals surface area (Å²) in [6, 6.07) is 55.5. The fourth-order valence-corrected chi connectivity index (χ4v) is 7.92. The summed E-state index contributed by atoms with van der Waals surface area (Å²) in [6.45, 7) is 0. The Balaban J connectivity index is 1.33. The molecule has 0 atom stereocenters. The highest BCUT2D eigenvalue weighted by atomic mass is 32.1. The van der Waals surface area contributed by atoms with Crippen molar-refractivity contribution in [1.82, 2.24) is 0 Å². The van der Waals surface area contributed by atoms with E-state index in [9.17, 15) is 0 Å². The van der Waals surface area contributed by atoms with Crippen LogP contribution >= 0.6 is 11.3 Å². The predicted octanol–water partition coefficient (Wildman–Crippen LogP) is 12.1. The molecule has 0 aliphatic carbocycles. The molecule has 0 aliphatic heterocycles. The molecule has 0 saturated carbocycles. The molecule has 0 N–H and O–H groups in total. The molecule has 0 amide bonds. The van der Waals surface area contributed by atoms with E-state index < -0.39 is 0 Å². The number of nitrogens with zero attached hydrogens (tertiary/aromatic N) is 1. The van der Waals surface area contributed by atoms with Gasteiger partial charge < -0.3 is 4.90 Å². The number of hydrogen-bond donors (Lipinski definition) is 0. The summed E-state index contributed by atoms with van der Waals surface area (Å²) in [5.74, 6) is 0. The fraction of sp³-hybridized carbons (Fsp3) is 0. The highest BCUT2D eigenvalue weighted by Crippen LogP contribution is 2.45. The van der Waals surface area contributed by atoms with Gasteiger partial charge in [0.25, 0.3) is 0 Å². The third kappa shape index (κ3) is 3.49. The van der Waals surface area contributed by atoms with Gasteiger partial charge in [0.15, 0.2) is 0 Å². The van der Waals surface area contributed by atoms with Crippen LogP contribution in [0, 0.1) is 0 Å². The zero-order valence-corrected chi connectivity index (χ0v) is 23.6. The van der Waals surface area contributed by atoms with Gasteiger partial charge in [-0.25, -0.2) is 0 Å². The van der Waals surface area contributed by atoms with Crippen LogP contribution < -0.4 is 4.90 Å². The Kier molecular flexibility index (Phi) is 5.13. The SMILES string of the molecule is c1ccc(N(c2ccc3c(ccc4c5ccccc5sc34)c2)c2cc3ccc4ccccc4c3c3ccccc23)cc1. The summed E-state index contributed by atoms with van der Waals surface area (Å²) in [5, 5.41) is 12.9. The largest absolute Gasteiger partial charge is 0.310 e. The molecular formula is C40H25NS. The summed E-state index contributed by atoms with van der Waals surface area (Å²) in [6.07, 6.45) is 0. The molecule has 9 rings (SSSR count). The Morgan fingerprint density at radius 1 is 0.381 bits per heavy atom. The summed E-state index contributed by atoms with van der Waals surface area (Å²) in [5.41, 5.74) is 3.48. The van der Waals surface area contributed by atoms with Crippen LogP contribution in [-0.2, 0) is 0 Å². The van der Waals surface area contributed by atoms with Crippen molar-refractivity contribution in [2.75, 3.05) is 4.90 Å². The van der Waals surface area contributed by atoms with E-state index in [0.29, 0.717) is 0 Å². The molecule has 1 heterocycles. The zero-order chi connectivity index (χ0) is 27.6. The highest BCUT2D eigenvalue weighted by Gasteiger charge is 2.19. The van der Waals surface area contributed by atoms with Crippen molar-refractivity contribution in [3.8, 4) is 0 Å². The summed E-state index contributed by atoms with van der Waals surface area (Å²) in [4.78, 5) is 2.42. The van der Waals surface area contributed by atoms with Crippen molar-refractivity contribution >= 4 is 91.7 Å². The summed E-state index contributed by atoms with van der Waals surface area (Å²) in [7, 11) is 0. The molecule has 42 heavy (non-hydrogen) atoms. The molecule has 2 heteroatoms. The molecule has 1 aromatic heterocycles. The van der Waals surface area contributed by atoms with E-state index in [2.05, 4.69) is 157 Å². The number of fused-ring (bicyclic) bond motifs is 10. The second-order valence-electron chi connectivity index (χ2n) is 10.9. The molecular weight excluding hydrogens is 527 g/mol.